The molecule has 1 amide bonds. The number of aryl methyl sites for hydroxylation is 1. The fourth-order valence-electron chi connectivity index (χ4n) is 2.92. The standard InChI is InChI=1S/C17H23NO3/c1-12-6-3-4-7-14(12)10-13(2)18-15(19)11-17(16(20)21)8-5-9-17/h3-4,6-7,13H,5,8-11H2,1-2H3,(H,18,19)(H,20,21). The zero-order valence-electron chi connectivity index (χ0n) is 12.7. The maximum atomic E-state index is 12.1. The predicted octanol–water partition coefficient (Wildman–Crippen LogP) is 2.69. The smallest absolute Gasteiger partial charge is 0.310 e. The monoisotopic (exact) mass is 289 g/mol. The summed E-state index contributed by atoms with van der Waals surface area (Å²) >= 11 is 0. The Labute approximate surface area is 125 Å². The molecule has 0 radical (unpaired) electrons. The lowest BCUT2D eigenvalue weighted by atomic mass is 9.66. The summed E-state index contributed by atoms with van der Waals surface area (Å²) in [6, 6.07) is 8.10. The molecule has 1 fully saturated rings. The van der Waals surface area contributed by atoms with Crippen LogP contribution < -0.4 is 5.32 Å². The SMILES string of the molecule is Cc1ccccc1CC(C)NC(=O)CC1(C(=O)O)CCC1. The number of rotatable bonds is 6. The molecule has 0 aliphatic heterocycles. The molecule has 1 aromatic carbocycles. The maximum absolute atomic E-state index is 12.1. The van der Waals surface area contributed by atoms with E-state index in [0.717, 1.165) is 12.8 Å². The number of hydrogen-bond donors (Lipinski definition) is 2. The second-order valence-electron chi connectivity index (χ2n) is 6.21. The van der Waals surface area contributed by atoms with Gasteiger partial charge >= 0.3 is 5.97 Å². The number of amides is 1. The number of carbonyl (C=O) groups excluding carboxylic acids is 1. The van der Waals surface area contributed by atoms with Crippen LogP contribution in [-0.2, 0) is 16.0 Å². The molecule has 4 nitrogen and oxygen atoms in total. The van der Waals surface area contributed by atoms with E-state index in [2.05, 4.69) is 24.4 Å². The molecule has 1 aliphatic carbocycles. The van der Waals surface area contributed by atoms with Gasteiger partial charge in [0.1, 0.15) is 0 Å². The number of nitrogens with one attached hydrogen (secondary N) is 1. The molecule has 1 atom stereocenters. The Hall–Kier alpha value is -1.84. The Balaban J connectivity index is 1.88. The second kappa shape index (κ2) is 6.29. The minimum atomic E-state index is -0.838. The van der Waals surface area contributed by atoms with Gasteiger partial charge in [0.2, 0.25) is 5.91 Å². The van der Waals surface area contributed by atoms with E-state index in [0.29, 0.717) is 12.8 Å². The fourth-order valence-corrected chi connectivity index (χ4v) is 2.92. The molecular formula is C17H23NO3. The lowest BCUT2D eigenvalue weighted by molar-refractivity contribution is -0.157. The van der Waals surface area contributed by atoms with Gasteiger partial charge in [-0.1, -0.05) is 30.7 Å². The molecule has 0 heterocycles. The summed E-state index contributed by atoms with van der Waals surface area (Å²) in [5.41, 5.74) is 1.61. The zero-order chi connectivity index (χ0) is 15.5. The van der Waals surface area contributed by atoms with E-state index in [1.165, 1.54) is 11.1 Å². The van der Waals surface area contributed by atoms with Crippen molar-refractivity contribution < 1.29 is 14.7 Å². The van der Waals surface area contributed by atoms with Crippen molar-refractivity contribution in [2.24, 2.45) is 5.41 Å². The number of carboxylic acids is 1. The van der Waals surface area contributed by atoms with Gasteiger partial charge in [-0.15, -0.1) is 0 Å². The summed E-state index contributed by atoms with van der Waals surface area (Å²) in [7, 11) is 0. The van der Waals surface area contributed by atoms with Gasteiger partial charge in [0.05, 0.1) is 5.41 Å². The third-order valence-corrected chi connectivity index (χ3v) is 4.46. The first-order chi connectivity index (χ1) is 9.93. The highest BCUT2D eigenvalue weighted by Crippen LogP contribution is 2.44. The van der Waals surface area contributed by atoms with Crippen LogP contribution in [0, 0.1) is 12.3 Å². The van der Waals surface area contributed by atoms with E-state index in [4.69, 9.17) is 0 Å². The van der Waals surface area contributed by atoms with E-state index >= 15 is 0 Å². The molecule has 0 saturated heterocycles. The first-order valence-electron chi connectivity index (χ1n) is 7.50. The average Bonchev–Trinajstić information content (AvgIpc) is 2.36. The highest BCUT2D eigenvalue weighted by Gasteiger charge is 2.45. The van der Waals surface area contributed by atoms with Crippen LogP contribution >= 0.6 is 0 Å². The minimum Gasteiger partial charge on any atom is -0.481 e. The van der Waals surface area contributed by atoms with Crippen molar-refractivity contribution in [1.82, 2.24) is 5.32 Å². The van der Waals surface area contributed by atoms with Crippen LogP contribution in [0.3, 0.4) is 0 Å². The van der Waals surface area contributed by atoms with Crippen molar-refractivity contribution in [3.63, 3.8) is 0 Å². The Kier molecular flexibility index (Phi) is 4.66. The molecule has 1 aromatic rings. The molecule has 21 heavy (non-hydrogen) atoms. The van der Waals surface area contributed by atoms with Gasteiger partial charge in [0, 0.05) is 12.5 Å². The Morgan fingerprint density at radius 1 is 1.33 bits per heavy atom. The summed E-state index contributed by atoms with van der Waals surface area (Å²) in [4.78, 5) is 23.3. The molecule has 0 bridgehead atoms. The van der Waals surface area contributed by atoms with E-state index < -0.39 is 11.4 Å². The lowest BCUT2D eigenvalue weighted by Crippen LogP contribution is -2.44. The molecular weight excluding hydrogens is 266 g/mol. The van der Waals surface area contributed by atoms with Gasteiger partial charge in [-0.3, -0.25) is 9.59 Å². The summed E-state index contributed by atoms with van der Waals surface area (Å²) in [5.74, 6) is -0.992. The van der Waals surface area contributed by atoms with Crippen LogP contribution in [0.1, 0.15) is 43.7 Å². The quantitative estimate of drug-likeness (QED) is 0.846. The predicted molar refractivity (Wildman–Crippen MR) is 81.0 cm³/mol. The molecule has 114 valence electrons. The second-order valence-corrected chi connectivity index (χ2v) is 6.21. The van der Waals surface area contributed by atoms with Gasteiger partial charge in [0.25, 0.3) is 0 Å². The fraction of sp³-hybridized carbons (Fsp3) is 0.529. The van der Waals surface area contributed by atoms with E-state index in [9.17, 15) is 14.7 Å². The molecule has 1 aliphatic rings. The lowest BCUT2D eigenvalue weighted by Gasteiger charge is -2.37. The van der Waals surface area contributed by atoms with Crippen molar-refractivity contribution in [3.05, 3.63) is 35.4 Å². The minimum absolute atomic E-state index is 0.00419. The normalized spacial score (nSPS) is 17.6. The van der Waals surface area contributed by atoms with E-state index in [1.54, 1.807) is 0 Å². The van der Waals surface area contributed by atoms with Crippen molar-refractivity contribution in [3.8, 4) is 0 Å². The highest BCUT2D eigenvalue weighted by atomic mass is 16.4. The summed E-state index contributed by atoms with van der Waals surface area (Å²) < 4.78 is 0. The van der Waals surface area contributed by atoms with Crippen molar-refractivity contribution in [2.45, 2.75) is 52.0 Å². The van der Waals surface area contributed by atoms with Crippen LogP contribution in [0.25, 0.3) is 0 Å². The number of carboxylic acid groups (broad SMARTS) is 1. The molecule has 1 saturated carbocycles. The van der Waals surface area contributed by atoms with Crippen LogP contribution in [0.2, 0.25) is 0 Å². The summed E-state index contributed by atoms with van der Waals surface area (Å²) in [6.45, 7) is 4.01. The first kappa shape index (κ1) is 15.5. The summed E-state index contributed by atoms with van der Waals surface area (Å²) in [6.07, 6.45) is 2.99. The van der Waals surface area contributed by atoms with Crippen molar-refractivity contribution in [1.29, 1.82) is 0 Å². The summed E-state index contributed by atoms with van der Waals surface area (Å²) in [5, 5.41) is 12.2. The number of carbonyl (C=O) groups is 2. The molecule has 2 rings (SSSR count). The molecule has 0 spiro atoms. The zero-order valence-corrected chi connectivity index (χ0v) is 12.7. The Morgan fingerprint density at radius 2 is 2.00 bits per heavy atom. The largest absolute Gasteiger partial charge is 0.481 e. The van der Waals surface area contributed by atoms with Crippen molar-refractivity contribution >= 4 is 11.9 Å². The molecule has 2 N–H and O–H groups in total. The first-order valence-corrected chi connectivity index (χ1v) is 7.50. The van der Waals surface area contributed by atoms with Crippen LogP contribution in [-0.4, -0.2) is 23.0 Å². The number of aliphatic carboxylic acids is 1. The number of hydrogen-bond acceptors (Lipinski definition) is 2. The topological polar surface area (TPSA) is 66.4 Å². The highest BCUT2D eigenvalue weighted by molar-refractivity contribution is 5.85. The molecule has 1 unspecified atom stereocenters. The molecule has 0 aromatic heterocycles. The van der Waals surface area contributed by atoms with E-state index in [-0.39, 0.29) is 18.4 Å². The number of benzene rings is 1. The van der Waals surface area contributed by atoms with Gasteiger partial charge in [0.15, 0.2) is 0 Å². The van der Waals surface area contributed by atoms with E-state index in [1.807, 2.05) is 19.1 Å². The van der Waals surface area contributed by atoms with Crippen LogP contribution in [0.4, 0.5) is 0 Å². The van der Waals surface area contributed by atoms with Gasteiger partial charge in [-0.05, 0) is 44.2 Å². The Bertz CT molecular complexity index is 535. The maximum Gasteiger partial charge on any atom is 0.310 e. The van der Waals surface area contributed by atoms with Gasteiger partial charge in [-0.25, -0.2) is 0 Å². The van der Waals surface area contributed by atoms with Gasteiger partial charge < -0.3 is 10.4 Å². The third-order valence-electron chi connectivity index (χ3n) is 4.46. The van der Waals surface area contributed by atoms with Crippen LogP contribution in [0.5, 0.6) is 0 Å². The third kappa shape index (κ3) is 3.63. The average molecular weight is 289 g/mol. The molecule has 4 heteroatoms. The van der Waals surface area contributed by atoms with Crippen LogP contribution in [0.15, 0.2) is 24.3 Å². The van der Waals surface area contributed by atoms with Crippen molar-refractivity contribution in [2.75, 3.05) is 0 Å². The Morgan fingerprint density at radius 3 is 2.52 bits per heavy atom. The van der Waals surface area contributed by atoms with Gasteiger partial charge in [-0.2, -0.15) is 0 Å².